The van der Waals surface area contributed by atoms with Crippen LogP contribution in [-0.2, 0) is 4.79 Å². The van der Waals surface area contributed by atoms with Gasteiger partial charge in [-0.2, -0.15) is 4.99 Å². The van der Waals surface area contributed by atoms with Gasteiger partial charge in [-0.3, -0.25) is 4.79 Å². The monoisotopic (exact) mass is 291 g/mol. The molecule has 0 aliphatic rings. The molecule has 0 radical (unpaired) electrons. The number of thioether (sulfide) groups is 1. The summed E-state index contributed by atoms with van der Waals surface area (Å²) in [5.41, 5.74) is -0.00973. The van der Waals surface area contributed by atoms with Crippen LogP contribution >= 0.6 is 35.6 Å². The maximum atomic E-state index is 13.3. The Balaban J connectivity index is 3.11. The Bertz CT molecular complexity index is 503. The van der Waals surface area contributed by atoms with Crippen LogP contribution in [-0.4, -0.2) is 21.5 Å². The standard InChI is InChI=1S/C10H7ClFNO2S2/c1-5(10(14)15)17-9-3-8(13-4-16)7(12)2-6(9)11/h2-3,5H,1H3,(H,14,15). The van der Waals surface area contributed by atoms with Crippen molar-refractivity contribution in [3.8, 4) is 0 Å². The van der Waals surface area contributed by atoms with Gasteiger partial charge in [-0.15, -0.1) is 11.8 Å². The van der Waals surface area contributed by atoms with Crippen LogP contribution in [0.4, 0.5) is 10.1 Å². The molecule has 1 atom stereocenters. The van der Waals surface area contributed by atoms with Gasteiger partial charge in [-0.05, 0) is 31.3 Å². The lowest BCUT2D eigenvalue weighted by Crippen LogP contribution is -2.11. The number of thiocarbonyl (C=S) groups is 1. The van der Waals surface area contributed by atoms with Gasteiger partial charge in [0.1, 0.15) is 10.9 Å². The van der Waals surface area contributed by atoms with Crippen LogP contribution in [0.2, 0.25) is 5.02 Å². The number of halogens is 2. The molecule has 0 aromatic heterocycles. The fourth-order valence-electron chi connectivity index (χ4n) is 0.984. The Hall–Kier alpha value is -0.940. The van der Waals surface area contributed by atoms with Crippen molar-refractivity contribution in [2.24, 2.45) is 4.99 Å². The van der Waals surface area contributed by atoms with Gasteiger partial charge in [0, 0.05) is 4.90 Å². The Morgan fingerprint density at radius 1 is 1.71 bits per heavy atom. The third-order valence-electron chi connectivity index (χ3n) is 1.82. The van der Waals surface area contributed by atoms with E-state index in [1.165, 1.54) is 13.0 Å². The summed E-state index contributed by atoms with van der Waals surface area (Å²) in [5.74, 6) is -1.60. The van der Waals surface area contributed by atoms with Gasteiger partial charge in [0.05, 0.1) is 10.2 Å². The van der Waals surface area contributed by atoms with Crippen LogP contribution in [0.25, 0.3) is 0 Å². The average Bonchev–Trinajstić information content (AvgIpc) is 2.24. The Morgan fingerprint density at radius 3 is 2.88 bits per heavy atom. The summed E-state index contributed by atoms with van der Waals surface area (Å²) in [6, 6.07) is 2.42. The zero-order chi connectivity index (χ0) is 13.0. The third-order valence-corrected chi connectivity index (χ3v) is 3.48. The van der Waals surface area contributed by atoms with Crippen LogP contribution in [0.5, 0.6) is 0 Å². The molecule has 0 fully saturated rings. The molecule has 3 nitrogen and oxygen atoms in total. The normalized spacial score (nSPS) is 11.7. The zero-order valence-electron chi connectivity index (χ0n) is 8.61. The second-order valence-electron chi connectivity index (χ2n) is 3.04. The number of carboxylic acids is 1. The number of benzene rings is 1. The zero-order valence-corrected chi connectivity index (χ0v) is 11.0. The molecule has 1 aromatic carbocycles. The number of isothiocyanates is 1. The van der Waals surface area contributed by atoms with Crippen molar-refractivity contribution in [2.75, 3.05) is 0 Å². The fraction of sp³-hybridized carbons (Fsp3) is 0.200. The van der Waals surface area contributed by atoms with Gasteiger partial charge in [-0.25, -0.2) is 4.39 Å². The van der Waals surface area contributed by atoms with Gasteiger partial charge < -0.3 is 5.11 Å². The Labute approximate surface area is 112 Å². The molecule has 0 heterocycles. The molecule has 0 aliphatic heterocycles. The molecule has 0 amide bonds. The van der Waals surface area contributed by atoms with E-state index in [-0.39, 0.29) is 10.7 Å². The molecule has 1 N–H and O–H groups in total. The average molecular weight is 292 g/mol. The van der Waals surface area contributed by atoms with E-state index in [9.17, 15) is 9.18 Å². The number of hydrogen-bond acceptors (Lipinski definition) is 4. The second-order valence-corrected chi connectivity index (χ2v) is 5.01. The third kappa shape index (κ3) is 3.78. The first-order valence-electron chi connectivity index (χ1n) is 4.42. The van der Waals surface area contributed by atoms with E-state index in [4.69, 9.17) is 16.7 Å². The number of aliphatic carboxylic acids is 1. The van der Waals surface area contributed by atoms with Gasteiger partial charge >= 0.3 is 5.97 Å². The maximum absolute atomic E-state index is 13.3. The van der Waals surface area contributed by atoms with E-state index in [2.05, 4.69) is 17.2 Å². The molecule has 17 heavy (non-hydrogen) atoms. The van der Waals surface area contributed by atoms with E-state index in [1.54, 1.807) is 0 Å². The number of carboxylic acid groups (broad SMARTS) is 1. The first-order valence-corrected chi connectivity index (χ1v) is 6.08. The van der Waals surface area contributed by atoms with Crippen molar-refractivity contribution in [3.63, 3.8) is 0 Å². The minimum absolute atomic E-state index is 0.00973. The van der Waals surface area contributed by atoms with Crippen molar-refractivity contribution in [2.45, 2.75) is 17.1 Å². The van der Waals surface area contributed by atoms with E-state index >= 15 is 0 Å². The summed E-state index contributed by atoms with van der Waals surface area (Å²) in [7, 11) is 0. The number of aliphatic imine (C=N–C) groups is 1. The second kappa shape index (κ2) is 6.12. The van der Waals surface area contributed by atoms with Crippen molar-refractivity contribution in [3.05, 3.63) is 23.0 Å². The van der Waals surface area contributed by atoms with Crippen molar-refractivity contribution in [1.29, 1.82) is 0 Å². The first-order chi connectivity index (χ1) is 7.95. The maximum Gasteiger partial charge on any atom is 0.316 e. The van der Waals surface area contributed by atoms with Crippen molar-refractivity contribution in [1.82, 2.24) is 0 Å². The smallest absolute Gasteiger partial charge is 0.316 e. The summed E-state index contributed by atoms with van der Waals surface area (Å²) >= 11 is 11.2. The van der Waals surface area contributed by atoms with E-state index in [1.807, 2.05) is 5.16 Å². The fourth-order valence-corrected chi connectivity index (χ4v) is 2.20. The highest BCUT2D eigenvalue weighted by molar-refractivity contribution is 8.00. The molecule has 0 saturated heterocycles. The minimum Gasteiger partial charge on any atom is -0.480 e. The molecule has 0 aliphatic carbocycles. The Kier molecular flexibility index (Phi) is 5.08. The SMILES string of the molecule is CC(Sc1cc(N=C=S)c(F)cc1Cl)C(=O)O. The van der Waals surface area contributed by atoms with Gasteiger partial charge in [0.25, 0.3) is 0 Å². The van der Waals surface area contributed by atoms with E-state index in [0.717, 1.165) is 17.8 Å². The molecule has 1 rings (SSSR count). The number of hydrogen-bond donors (Lipinski definition) is 1. The summed E-state index contributed by atoms with van der Waals surface area (Å²) in [5, 5.41) is 10.3. The summed E-state index contributed by atoms with van der Waals surface area (Å²) in [4.78, 5) is 14.7. The molecule has 7 heteroatoms. The van der Waals surface area contributed by atoms with Crippen molar-refractivity contribution >= 4 is 52.4 Å². The highest BCUT2D eigenvalue weighted by Gasteiger charge is 2.16. The molecular weight excluding hydrogens is 285 g/mol. The van der Waals surface area contributed by atoms with Crippen LogP contribution in [0.1, 0.15) is 6.92 Å². The quantitative estimate of drug-likeness (QED) is 0.521. The molecule has 0 spiro atoms. The number of carbonyl (C=O) groups is 1. The summed E-state index contributed by atoms with van der Waals surface area (Å²) in [6.07, 6.45) is 0. The van der Waals surface area contributed by atoms with E-state index < -0.39 is 17.0 Å². The molecular formula is C10H7ClFNO2S2. The van der Waals surface area contributed by atoms with E-state index in [0.29, 0.717) is 4.90 Å². The lowest BCUT2D eigenvalue weighted by Gasteiger charge is -2.08. The van der Waals surface area contributed by atoms with Crippen LogP contribution < -0.4 is 0 Å². The molecule has 0 saturated carbocycles. The number of rotatable bonds is 4. The van der Waals surface area contributed by atoms with Crippen LogP contribution in [0.15, 0.2) is 22.0 Å². The molecule has 1 aromatic rings. The Morgan fingerprint density at radius 2 is 2.35 bits per heavy atom. The molecule has 0 bridgehead atoms. The topological polar surface area (TPSA) is 49.7 Å². The first kappa shape index (κ1) is 14.1. The molecule has 90 valence electrons. The highest BCUT2D eigenvalue weighted by Crippen LogP contribution is 2.35. The predicted octanol–water partition coefficient (Wildman–Crippen LogP) is 3.78. The largest absolute Gasteiger partial charge is 0.480 e. The molecule has 1 unspecified atom stereocenters. The van der Waals surface area contributed by atoms with Gasteiger partial charge in [0.15, 0.2) is 5.82 Å². The lowest BCUT2D eigenvalue weighted by atomic mass is 10.3. The predicted molar refractivity (Wildman–Crippen MR) is 69.1 cm³/mol. The summed E-state index contributed by atoms with van der Waals surface area (Å²) in [6.45, 7) is 1.51. The number of nitrogens with zero attached hydrogens (tertiary/aromatic N) is 1. The minimum atomic E-state index is -0.977. The van der Waals surface area contributed by atoms with Gasteiger partial charge in [0.2, 0.25) is 0 Å². The highest BCUT2D eigenvalue weighted by atomic mass is 35.5. The van der Waals surface area contributed by atoms with Crippen LogP contribution in [0, 0.1) is 5.82 Å². The van der Waals surface area contributed by atoms with Gasteiger partial charge in [-0.1, -0.05) is 11.6 Å². The van der Waals surface area contributed by atoms with Crippen molar-refractivity contribution < 1.29 is 14.3 Å². The summed E-state index contributed by atoms with van der Waals surface area (Å²) < 4.78 is 13.3. The van der Waals surface area contributed by atoms with Crippen LogP contribution in [0.3, 0.4) is 0 Å². The lowest BCUT2D eigenvalue weighted by molar-refractivity contribution is -0.136.